The van der Waals surface area contributed by atoms with E-state index in [1.165, 1.54) is 43.0 Å². The predicted molar refractivity (Wildman–Crippen MR) is 287 cm³/mol. The number of primary amides is 2. The maximum Gasteiger partial charge on any atom is 0.395 e. The van der Waals surface area contributed by atoms with E-state index in [-0.39, 0.29) is 134 Å². The number of aliphatic carboxylic acids is 1. The first-order valence-corrected chi connectivity index (χ1v) is 23.6. The van der Waals surface area contributed by atoms with Crippen LogP contribution in [0.2, 0.25) is 20.1 Å². The van der Waals surface area contributed by atoms with Crippen molar-refractivity contribution in [1.29, 1.82) is 0 Å². The Morgan fingerprint density at radius 3 is 1.28 bits per heavy atom. The molecule has 6 rings (SSSR count). The first kappa shape index (κ1) is 70.0. The molecule has 0 radical (unpaired) electrons. The summed E-state index contributed by atoms with van der Waals surface area (Å²) in [7, 11) is 7.23. The lowest BCUT2D eigenvalue weighted by Gasteiger charge is -2.29. The molecule has 2 heterocycles. The second-order valence-electron chi connectivity index (χ2n) is 17.9. The number of carboxylic acid groups (broad SMARTS) is 1. The number of rotatable bonds is 19. The molecule has 4 aromatic rings. The summed E-state index contributed by atoms with van der Waals surface area (Å²) >= 11 is 23.3. The molecule has 424 valence electrons. The molecule has 2 saturated carbocycles. The molecule has 0 spiro atoms. The lowest BCUT2D eigenvalue weighted by atomic mass is 9.84. The number of alkyl halides is 6. The number of hydrogen-bond acceptors (Lipinski definition) is 11. The summed E-state index contributed by atoms with van der Waals surface area (Å²) in [4.78, 5) is 65.0. The van der Waals surface area contributed by atoms with Gasteiger partial charge < -0.3 is 37.4 Å². The van der Waals surface area contributed by atoms with Crippen molar-refractivity contribution in [3.63, 3.8) is 0 Å². The summed E-state index contributed by atoms with van der Waals surface area (Å²) in [5, 5.41) is 11.5. The standard InChI is InChI=1S/C23H25Cl2F4N5O2.C12H17ClFN3O.C11H10ClF3N2O2.3H2S/c1-34(2)14(7-12-3-4-15(20(30)36)19(26)18(12)25)11-31-17(35)8-16(21-32-9-13(24)10-33-21)22(5-6-22)23(27,28)29;1-17(2)8(6-15)5-7-3-4-9(12(16)18)11(14)10(7)13;12-6-4-16-9(17-5-6)7(3-8(18)19)10(1-2-10)11(13,14)15;;;/h3-4,9-10,14,16H,5-8,11H2,1-2H3,(H2,30,36)(H,31,35);3-4,8H,5-6,15H2,1-2H3,(H2,16,18);4-5,7H,1-3H2,(H,18,19);3*1H2/t14-,16?;8-;7-;;;/m001.../s1. The molecule has 2 aliphatic carbocycles. The van der Waals surface area contributed by atoms with Gasteiger partial charge in [-0.2, -0.15) is 66.8 Å². The highest BCUT2D eigenvalue weighted by molar-refractivity contribution is 7.59. The third-order valence-corrected chi connectivity index (χ3v) is 14.0. The summed E-state index contributed by atoms with van der Waals surface area (Å²) in [5.41, 5.74) is 12.2. The number of amides is 3. The molecular weight excluding hydrogens is 1160 g/mol. The summed E-state index contributed by atoms with van der Waals surface area (Å²) in [6.45, 7) is 0.483. The normalized spacial score (nSPS) is 15.6. The monoisotopic (exact) mass is 1220 g/mol. The maximum atomic E-state index is 14.4. The average Bonchev–Trinajstić information content (AvgIpc) is 4.24. The number of likely N-dealkylation sites (N-methyl/N-ethyl adjacent to an activating group) is 2. The van der Waals surface area contributed by atoms with Crippen LogP contribution in [0.25, 0.3) is 0 Å². The van der Waals surface area contributed by atoms with Crippen molar-refractivity contribution in [1.82, 2.24) is 35.1 Å². The second kappa shape index (κ2) is 29.3. The molecule has 2 fully saturated rings. The SMILES string of the molecule is CN(C)[C@H](CN)Cc1ccc(C(N)=O)c(F)c1Cl.CN(C)[C@H](CNC(=O)CC(c1ncc(Cl)cn1)C1(C(F)(F)F)CC1)Cc1ccc(C(N)=O)c(F)c1Cl.O=C(O)C[C@H](c1ncc(Cl)cn1)C1(C(F)(F)F)CC1.S.S.S. The smallest absolute Gasteiger partial charge is 0.395 e. The minimum atomic E-state index is -4.52. The number of nitrogens with zero attached hydrogens (tertiary/aromatic N) is 6. The first-order chi connectivity index (χ1) is 33.9. The fourth-order valence-corrected chi connectivity index (χ4v) is 8.64. The zero-order valence-corrected chi connectivity index (χ0v) is 47.1. The van der Waals surface area contributed by atoms with Gasteiger partial charge in [-0.3, -0.25) is 19.2 Å². The van der Waals surface area contributed by atoms with E-state index in [1.807, 2.05) is 19.0 Å². The number of nitrogens with two attached hydrogens (primary N) is 3. The topological polar surface area (TPSA) is 237 Å². The van der Waals surface area contributed by atoms with Gasteiger partial charge in [0.05, 0.1) is 48.5 Å². The first-order valence-electron chi connectivity index (χ1n) is 22.0. The Morgan fingerprint density at radius 2 is 0.987 bits per heavy atom. The van der Waals surface area contributed by atoms with Crippen LogP contribution in [0.1, 0.15) is 93.9 Å². The van der Waals surface area contributed by atoms with Crippen molar-refractivity contribution in [2.45, 2.75) is 87.6 Å². The van der Waals surface area contributed by atoms with Crippen LogP contribution >= 0.6 is 86.9 Å². The number of benzene rings is 2. The van der Waals surface area contributed by atoms with Crippen LogP contribution in [0.3, 0.4) is 0 Å². The average molecular weight is 1220 g/mol. The lowest BCUT2D eigenvalue weighted by Crippen LogP contribution is -2.43. The van der Waals surface area contributed by atoms with Crippen molar-refractivity contribution in [2.24, 2.45) is 28.0 Å². The molecule has 76 heavy (non-hydrogen) atoms. The van der Waals surface area contributed by atoms with Crippen molar-refractivity contribution in [3.05, 3.63) is 115 Å². The number of aromatic nitrogens is 4. The van der Waals surface area contributed by atoms with Crippen molar-refractivity contribution in [2.75, 3.05) is 41.3 Å². The maximum absolute atomic E-state index is 14.4. The molecule has 0 saturated heterocycles. The van der Waals surface area contributed by atoms with Crippen LogP contribution in [0, 0.1) is 22.5 Å². The van der Waals surface area contributed by atoms with Gasteiger partial charge in [0, 0.05) is 68.2 Å². The summed E-state index contributed by atoms with van der Waals surface area (Å²) in [5.74, 6) is -8.16. The van der Waals surface area contributed by atoms with Crippen LogP contribution in [0.15, 0.2) is 49.1 Å². The molecule has 15 nitrogen and oxygen atoms in total. The van der Waals surface area contributed by atoms with Gasteiger partial charge in [-0.25, -0.2) is 28.7 Å². The summed E-state index contributed by atoms with van der Waals surface area (Å²) in [6, 6.07) is 5.33. The third kappa shape index (κ3) is 17.8. The van der Waals surface area contributed by atoms with Gasteiger partial charge in [0.1, 0.15) is 11.6 Å². The van der Waals surface area contributed by atoms with E-state index in [0.717, 1.165) is 0 Å². The largest absolute Gasteiger partial charge is 0.481 e. The number of halogens is 12. The van der Waals surface area contributed by atoms with E-state index in [4.69, 9.17) is 68.7 Å². The van der Waals surface area contributed by atoms with Gasteiger partial charge in [-0.15, -0.1) is 0 Å². The van der Waals surface area contributed by atoms with E-state index in [0.29, 0.717) is 24.1 Å². The summed E-state index contributed by atoms with van der Waals surface area (Å²) < 4.78 is 109. The molecule has 1 unspecified atom stereocenters. The molecule has 2 aromatic heterocycles. The Bertz CT molecular complexity index is 2610. The Balaban J connectivity index is 0.000000612. The molecule has 0 aliphatic heterocycles. The van der Waals surface area contributed by atoms with Crippen molar-refractivity contribution >= 4 is 111 Å². The molecule has 2 aromatic carbocycles. The molecule has 0 bridgehead atoms. The highest BCUT2D eigenvalue weighted by Gasteiger charge is 2.69. The van der Waals surface area contributed by atoms with Crippen LogP contribution in [-0.2, 0) is 22.4 Å². The second-order valence-corrected chi connectivity index (χ2v) is 19.6. The zero-order chi connectivity index (χ0) is 55.0. The molecule has 4 atom stereocenters. The fraction of sp³-hybridized carbons (Fsp3) is 0.478. The van der Waals surface area contributed by atoms with Gasteiger partial charge in [-0.05, 0) is 90.0 Å². The molecular formula is C46H58Cl4F8N10O5S3. The van der Waals surface area contributed by atoms with Gasteiger partial charge in [0.2, 0.25) is 5.91 Å². The van der Waals surface area contributed by atoms with Gasteiger partial charge >= 0.3 is 18.3 Å². The van der Waals surface area contributed by atoms with E-state index < -0.39 is 83.2 Å². The van der Waals surface area contributed by atoms with Gasteiger partial charge in [0.25, 0.3) is 11.8 Å². The number of carbonyl (C=O) groups is 4. The highest BCUT2D eigenvalue weighted by atomic mass is 35.5. The number of carboxylic acids is 1. The lowest BCUT2D eigenvalue weighted by molar-refractivity contribution is -0.196. The summed E-state index contributed by atoms with van der Waals surface area (Å²) in [6.07, 6.45) is -5.08. The van der Waals surface area contributed by atoms with E-state index in [9.17, 15) is 54.3 Å². The Hall–Kier alpha value is -3.99. The van der Waals surface area contributed by atoms with E-state index in [2.05, 4.69) is 25.3 Å². The van der Waals surface area contributed by atoms with Crippen LogP contribution in [0.5, 0.6) is 0 Å². The molecule has 3 amide bonds. The fourth-order valence-electron chi connectivity index (χ4n) is 7.96. The highest BCUT2D eigenvalue weighted by Crippen LogP contribution is 2.66. The molecule has 8 N–H and O–H groups in total. The van der Waals surface area contributed by atoms with Crippen LogP contribution < -0.4 is 22.5 Å². The number of hydrogen-bond donors (Lipinski definition) is 5. The molecule has 30 heteroatoms. The minimum absolute atomic E-state index is 0. The Labute approximate surface area is 474 Å². The molecule has 2 aliphatic rings. The van der Waals surface area contributed by atoms with Crippen LogP contribution in [0.4, 0.5) is 35.1 Å². The third-order valence-electron chi connectivity index (χ3n) is 12.7. The minimum Gasteiger partial charge on any atom is -0.481 e. The Kier molecular flexibility index (Phi) is 27.0. The number of nitrogens with one attached hydrogen (secondary N) is 1. The number of carbonyl (C=O) groups excluding carboxylic acids is 3. The van der Waals surface area contributed by atoms with Crippen molar-refractivity contribution < 1.29 is 59.4 Å². The Morgan fingerprint density at radius 1 is 0.645 bits per heavy atom. The van der Waals surface area contributed by atoms with E-state index >= 15 is 0 Å². The van der Waals surface area contributed by atoms with Gasteiger partial charge in [0.15, 0.2) is 11.6 Å². The van der Waals surface area contributed by atoms with E-state index in [1.54, 1.807) is 25.1 Å². The quantitative estimate of drug-likeness (QED) is 0.0556. The van der Waals surface area contributed by atoms with Crippen LogP contribution in [-0.4, -0.2) is 124 Å². The van der Waals surface area contributed by atoms with Gasteiger partial charge in [-0.1, -0.05) is 58.5 Å². The zero-order valence-electron chi connectivity index (χ0n) is 41.0. The predicted octanol–water partition coefficient (Wildman–Crippen LogP) is 8.51. The van der Waals surface area contributed by atoms with Crippen molar-refractivity contribution in [3.8, 4) is 0 Å².